The van der Waals surface area contributed by atoms with Crippen molar-refractivity contribution < 1.29 is 28.6 Å². The van der Waals surface area contributed by atoms with Gasteiger partial charge in [0.25, 0.3) is 10.1 Å². The van der Waals surface area contributed by atoms with Gasteiger partial charge in [-0.05, 0) is 19.3 Å². The lowest BCUT2D eigenvalue weighted by Crippen LogP contribution is -2.50. The molecule has 0 bridgehead atoms. The second-order valence-electron chi connectivity index (χ2n) is 10.0. The van der Waals surface area contributed by atoms with Crippen molar-refractivity contribution in [2.75, 3.05) is 6.54 Å². The Bertz CT molecular complexity index is 529. The molecule has 0 aliphatic heterocycles. The van der Waals surface area contributed by atoms with Crippen LogP contribution >= 0.6 is 0 Å². The summed E-state index contributed by atoms with van der Waals surface area (Å²) in [7, 11) is -4.54. The number of rotatable bonds is 25. The van der Waals surface area contributed by atoms with Gasteiger partial charge in [-0.3, -0.25) is 4.55 Å². The Balaban J connectivity index is 0. The molecule has 0 rings (SSSR count). The minimum absolute atomic E-state index is 0.0708. The fraction of sp³-hybridized carbons (Fsp3) is 0.964. The van der Waals surface area contributed by atoms with Gasteiger partial charge in [-0.15, -0.1) is 0 Å². The number of hydrogen-bond acceptors (Lipinski definition) is 4. The van der Waals surface area contributed by atoms with E-state index in [2.05, 4.69) is 19.6 Å². The number of carbonyl (C=O) groups excluding carboxylic acids is 1. The number of quaternary nitrogens is 1. The molecule has 0 fully saturated rings. The van der Waals surface area contributed by atoms with Crippen LogP contribution in [0, 0.1) is 0 Å². The smallest absolute Gasteiger partial charge is 0.273 e. The minimum atomic E-state index is -4.54. The van der Waals surface area contributed by atoms with E-state index >= 15 is 0 Å². The van der Waals surface area contributed by atoms with Crippen molar-refractivity contribution in [2.45, 2.75) is 167 Å². The van der Waals surface area contributed by atoms with Crippen LogP contribution in [0.4, 0.5) is 0 Å². The van der Waals surface area contributed by atoms with E-state index in [-0.39, 0.29) is 6.42 Å². The van der Waals surface area contributed by atoms with Gasteiger partial charge in [0, 0.05) is 0 Å². The van der Waals surface area contributed by atoms with Gasteiger partial charge in [0.2, 0.25) is 0 Å². The number of carbonyl (C=O) groups is 1. The largest absolute Gasteiger partial charge is 0.549 e. The van der Waals surface area contributed by atoms with Gasteiger partial charge in [0.15, 0.2) is 0 Å². The summed E-state index contributed by atoms with van der Waals surface area (Å²) in [6.45, 7) is 5.61. The van der Waals surface area contributed by atoms with Crippen molar-refractivity contribution in [3.8, 4) is 0 Å². The first-order chi connectivity index (χ1) is 16.8. The van der Waals surface area contributed by atoms with E-state index < -0.39 is 21.3 Å². The molecule has 0 aromatic heterocycles. The number of unbranched alkanes of at least 4 members (excludes halogenated alkanes) is 20. The van der Waals surface area contributed by atoms with Crippen LogP contribution < -0.4 is 10.8 Å². The molecule has 1 unspecified atom stereocenters. The number of hydrogen-bond donors (Lipinski definition) is 2. The third kappa shape index (κ3) is 29.5. The summed E-state index contributed by atoms with van der Waals surface area (Å²) in [6, 6.07) is 0. The Hall–Kier alpha value is -0.660. The molecule has 1 atom stereocenters. The zero-order valence-electron chi connectivity index (χ0n) is 23.2. The Kier molecular flexibility index (Phi) is 29.1. The molecule has 7 heteroatoms. The topological polar surface area (TPSA) is 122 Å². The van der Waals surface area contributed by atoms with Gasteiger partial charge in [-0.25, -0.2) is 0 Å². The summed E-state index contributed by atoms with van der Waals surface area (Å²) < 4.78 is 30.5. The summed E-state index contributed by atoms with van der Waals surface area (Å²) >= 11 is 0. The first-order valence-corrected chi connectivity index (χ1v) is 16.3. The Labute approximate surface area is 218 Å². The van der Waals surface area contributed by atoms with E-state index in [0.29, 0.717) is 6.42 Å². The fourth-order valence-corrected chi connectivity index (χ4v) is 4.93. The van der Waals surface area contributed by atoms with Crippen LogP contribution in [0.5, 0.6) is 0 Å². The van der Waals surface area contributed by atoms with Gasteiger partial charge < -0.3 is 15.6 Å². The third-order valence-corrected chi connectivity index (χ3v) is 7.69. The number of carboxylic acid groups (broad SMARTS) is 1. The molecule has 0 aromatic carbocycles. The zero-order valence-corrected chi connectivity index (χ0v) is 24.1. The van der Waals surface area contributed by atoms with Crippen LogP contribution in [0.3, 0.4) is 0 Å². The van der Waals surface area contributed by atoms with Crippen molar-refractivity contribution >= 4 is 16.1 Å². The standard InChI is InChI=1S/C16H32O5S.C12H27N/c1-2-3-4-5-6-7-8-9-10-11-12-13-14-15(16(17)18)22(19,20)21;1-2-3-4-5-6-7-8-9-10-11-12-13/h15H,2-14H2,1H3,(H,17,18)(H,19,20,21);2-13H2,1H3. The molecule has 6 nitrogen and oxygen atoms in total. The van der Waals surface area contributed by atoms with Crippen LogP contribution in [0.1, 0.15) is 162 Å². The molecule has 0 aliphatic rings. The van der Waals surface area contributed by atoms with E-state index in [1.807, 2.05) is 0 Å². The normalized spacial score (nSPS) is 12.2. The van der Waals surface area contributed by atoms with Crippen molar-refractivity contribution in [3.63, 3.8) is 0 Å². The van der Waals surface area contributed by atoms with Crippen LogP contribution in [-0.4, -0.2) is 30.7 Å². The van der Waals surface area contributed by atoms with E-state index in [4.69, 9.17) is 4.55 Å². The zero-order chi connectivity index (χ0) is 26.6. The molecule has 0 amide bonds. The molecule has 0 heterocycles. The maximum absolute atomic E-state index is 10.8. The summed E-state index contributed by atoms with van der Waals surface area (Å²) in [5.74, 6) is -1.72. The van der Waals surface area contributed by atoms with Crippen molar-refractivity contribution in [3.05, 3.63) is 0 Å². The minimum Gasteiger partial charge on any atom is -0.549 e. The third-order valence-electron chi connectivity index (χ3n) is 6.55. The van der Waals surface area contributed by atoms with E-state index in [1.165, 1.54) is 116 Å². The van der Waals surface area contributed by atoms with Crippen molar-refractivity contribution in [1.29, 1.82) is 0 Å². The van der Waals surface area contributed by atoms with Crippen molar-refractivity contribution in [2.24, 2.45) is 0 Å². The monoisotopic (exact) mass is 521 g/mol. The van der Waals surface area contributed by atoms with Gasteiger partial charge in [-0.1, -0.05) is 142 Å². The Morgan fingerprint density at radius 3 is 1.17 bits per heavy atom. The summed E-state index contributed by atoms with van der Waals surface area (Å²) in [4.78, 5) is 10.6. The van der Waals surface area contributed by atoms with E-state index in [1.54, 1.807) is 0 Å². The number of aliphatic carboxylic acids is 1. The molecular weight excluding hydrogens is 462 g/mol. The molecule has 4 N–H and O–H groups in total. The quantitative estimate of drug-likeness (QED) is 0.109. The average molecular weight is 522 g/mol. The molecule has 0 aromatic rings. The van der Waals surface area contributed by atoms with Gasteiger partial charge in [-0.2, -0.15) is 8.42 Å². The maximum atomic E-state index is 10.8. The second-order valence-corrected chi connectivity index (χ2v) is 11.6. The molecule has 0 spiro atoms. The van der Waals surface area contributed by atoms with Gasteiger partial charge in [0.1, 0.15) is 5.25 Å². The van der Waals surface area contributed by atoms with Crippen molar-refractivity contribution in [1.82, 2.24) is 0 Å². The SMILES string of the molecule is CCCCCCCCCCCCCCC(C(=O)[O-])S(=O)(=O)O.CCCCCCCCCCCC[NH3+]. The van der Waals surface area contributed by atoms with E-state index in [9.17, 15) is 18.3 Å². The highest BCUT2D eigenvalue weighted by atomic mass is 32.2. The van der Waals surface area contributed by atoms with Crippen LogP contribution in [0.25, 0.3) is 0 Å². The highest BCUT2D eigenvalue weighted by molar-refractivity contribution is 7.87. The average Bonchev–Trinajstić information content (AvgIpc) is 2.80. The predicted molar refractivity (Wildman–Crippen MR) is 146 cm³/mol. The number of carboxylic acids is 1. The highest BCUT2D eigenvalue weighted by Gasteiger charge is 2.23. The first-order valence-electron chi connectivity index (χ1n) is 14.8. The van der Waals surface area contributed by atoms with Crippen LogP contribution in [-0.2, 0) is 14.9 Å². The molecule has 0 radical (unpaired) electrons. The molecule has 35 heavy (non-hydrogen) atoms. The molecule has 212 valence electrons. The molecule has 0 saturated heterocycles. The Morgan fingerprint density at radius 1 is 0.629 bits per heavy atom. The Morgan fingerprint density at radius 2 is 0.914 bits per heavy atom. The van der Waals surface area contributed by atoms with Gasteiger partial charge in [0.05, 0.1) is 12.5 Å². The maximum Gasteiger partial charge on any atom is 0.273 e. The highest BCUT2D eigenvalue weighted by Crippen LogP contribution is 2.15. The molecule has 0 saturated carbocycles. The first kappa shape index (κ1) is 36.5. The molecule has 0 aliphatic carbocycles. The predicted octanol–water partition coefficient (Wildman–Crippen LogP) is 6.23. The lowest BCUT2D eigenvalue weighted by atomic mass is 10.0. The fourth-order valence-electron chi connectivity index (χ4n) is 4.22. The van der Waals surface area contributed by atoms with Crippen LogP contribution in [0.15, 0.2) is 0 Å². The second kappa shape index (κ2) is 27.9. The van der Waals surface area contributed by atoms with E-state index in [0.717, 1.165) is 25.8 Å². The lowest BCUT2D eigenvalue weighted by Gasteiger charge is -2.14. The summed E-state index contributed by atoms with van der Waals surface area (Å²) in [6.07, 6.45) is 27.8. The summed E-state index contributed by atoms with van der Waals surface area (Å²) in [5, 5.41) is 8.85. The lowest BCUT2D eigenvalue weighted by molar-refractivity contribution is -0.368. The van der Waals surface area contributed by atoms with Gasteiger partial charge >= 0.3 is 0 Å². The molecular formula is C28H59NO5S. The van der Waals surface area contributed by atoms with Crippen LogP contribution in [0.2, 0.25) is 0 Å². The summed E-state index contributed by atoms with van der Waals surface area (Å²) in [5.41, 5.74) is 3.85.